The standard InChI is InChI=1S/C22H23FN3O.Co/c1-15(2)12-16-4-6-17(7-5-16)22-24-21(25-27-22)18-8-9-19(20(23)13-18)14-26-10-3-11-26;/h3-9,13,15H,10-12,14H2,1-2H3;/q-1;. The maximum Gasteiger partial charge on any atom is 0.258 e. The first kappa shape index (κ1) is 20.7. The zero-order valence-electron chi connectivity index (χ0n) is 16.0. The van der Waals surface area contributed by atoms with Crippen LogP contribution in [0.1, 0.15) is 25.0 Å². The Hall–Kier alpha value is -2.02. The fraction of sp³-hybridized carbons (Fsp3) is 0.318. The second-order valence-corrected chi connectivity index (χ2v) is 7.51. The normalized spacial score (nSPS) is 14.0. The van der Waals surface area contributed by atoms with E-state index >= 15 is 0 Å². The summed E-state index contributed by atoms with van der Waals surface area (Å²) < 4.78 is 19.8. The fourth-order valence-corrected chi connectivity index (χ4v) is 3.21. The van der Waals surface area contributed by atoms with Crippen LogP contribution < -0.4 is 0 Å². The maximum atomic E-state index is 14.4. The molecule has 1 aliphatic rings. The molecule has 1 fully saturated rings. The molecule has 149 valence electrons. The topological polar surface area (TPSA) is 42.2 Å². The fourth-order valence-electron chi connectivity index (χ4n) is 3.21. The van der Waals surface area contributed by atoms with Gasteiger partial charge in [-0.15, -0.1) is 13.1 Å². The second kappa shape index (κ2) is 8.98. The van der Waals surface area contributed by atoms with E-state index in [1.165, 1.54) is 11.6 Å². The Morgan fingerprint density at radius 2 is 1.82 bits per heavy atom. The Balaban J connectivity index is 0.00000225. The second-order valence-electron chi connectivity index (χ2n) is 7.51. The van der Waals surface area contributed by atoms with Crippen molar-refractivity contribution in [1.82, 2.24) is 15.0 Å². The molecule has 28 heavy (non-hydrogen) atoms. The van der Waals surface area contributed by atoms with Gasteiger partial charge in [0.1, 0.15) is 5.82 Å². The number of benzene rings is 2. The Bertz CT molecular complexity index is 920. The van der Waals surface area contributed by atoms with Crippen LogP contribution in [0, 0.1) is 18.2 Å². The third-order valence-corrected chi connectivity index (χ3v) is 4.75. The van der Waals surface area contributed by atoms with E-state index in [1.807, 2.05) is 18.2 Å². The smallest absolute Gasteiger partial charge is 0.258 e. The van der Waals surface area contributed by atoms with Crippen LogP contribution in [0.4, 0.5) is 4.39 Å². The Kier molecular flexibility index (Phi) is 6.64. The molecule has 0 atom stereocenters. The van der Waals surface area contributed by atoms with Gasteiger partial charge in [-0.25, -0.2) is 4.39 Å². The predicted octanol–water partition coefficient (Wildman–Crippen LogP) is 4.76. The summed E-state index contributed by atoms with van der Waals surface area (Å²) in [5.74, 6) is 1.23. The molecule has 6 heteroatoms. The molecular weight excluding hydrogens is 400 g/mol. The summed E-state index contributed by atoms with van der Waals surface area (Å²) in [5.41, 5.74) is 3.47. The third-order valence-electron chi connectivity index (χ3n) is 4.75. The van der Waals surface area contributed by atoms with Gasteiger partial charge in [0.15, 0.2) is 0 Å². The zero-order valence-corrected chi connectivity index (χ0v) is 17.0. The molecule has 1 saturated heterocycles. The van der Waals surface area contributed by atoms with Gasteiger partial charge in [0.2, 0.25) is 5.82 Å². The van der Waals surface area contributed by atoms with Crippen LogP contribution in [0.5, 0.6) is 0 Å². The molecule has 1 aromatic heterocycles. The van der Waals surface area contributed by atoms with Gasteiger partial charge >= 0.3 is 0 Å². The van der Waals surface area contributed by atoms with Crippen molar-refractivity contribution in [2.75, 3.05) is 13.1 Å². The van der Waals surface area contributed by atoms with Crippen molar-refractivity contribution < 1.29 is 25.7 Å². The van der Waals surface area contributed by atoms with Crippen molar-refractivity contribution in [1.29, 1.82) is 0 Å². The van der Waals surface area contributed by atoms with Crippen LogP contribution in [0.25, 0.3) is 22.8 Å². The minimum absolute atomic E-state index is 0. The van der Waals surface area contributed by atoms with E-state index in [0.29, 0.717) is 35.3 Å². The van der Waals surface area contributed by atoms with Gasteiger partial charge in [-0.3, -0.25) is 0 Å². The molecule has 3 aromatic rings. The van der Waals surface area contributed by atoms with Gasteiger partial charge in [0, 0.05) is 40.0 Å². The van der Waals surface area contributed by atoms with Gasteiger partial charge in [-0.05, 0) is 36.1 Å². The first-order valence-electron chi connectivity index (χ1n) is 9.34. The summed E-state index contributed by atoms with van der Waals surface area (Å²) in [4.78, 5) is 6.61. The van der Waals surface area contributed by atoms with Crippen LogP contribution in [0.2, 0.25) is 0 Å². The number of aromatic nitrogens is 2. The number of rotatable bonds is 6. The SMILES string of the molecule is CC(C)Cc1ccc(-c2nc(-c3ccc(CN4C[CH-]C4)c(F)c3)no2)cc1.[Co]. The van der Waals surface area contributed by atoms with E-state index in [9.17, 15) is 4.39 Å². The van der Waals surface area contributed by atoms with Crippen LogP contribution in [-0.4, -0.2) is 28.1 Å². The van der Waals surface area contributed by atoms with E-state index in [4.69, 9.17) is 4.52 Å². The first-order chi connectivity index (χ1) is 13.1. The molecule has 0 amide bonds. The molecular formula is C22H23CoFN3O-. The zero-order chi connectivity index (χ0) is 18.8. The molecule has 4 rings (SSSR count). The molecule has 0 spiro atoms. The van der Waals surface area contributed by atoms with Crippen molar-refractivity contribution in [3.05, 3.63) is 65.8 Å². The molecule has 1 radical (unpaired) electrons. The van der Waals surface area contributed by atoms with E-state index < -0.39 is 0 Å². The van der Waals surface area contributed by atoms with E-state index in [2.05, 4.69) is 47.4 Å². The molecule has 0 aliphatic carbocycles. The van der Waals surface area contributed by atoms with E-state index in [-0.39, 0.29) is 22.6 Å². The summed E-state index contributed by atoms with van der Waals surface area (Å²) in [5, 5.41) is 4.02. The monoisotopic (exact) mass is 423 g/mol. The van der Waals surface area contributed by atoms with E-state index in [1.54, 1.807) is 6.07 Å². The summed E-state index contributed by atoms with van der Waals surface area (Å²) in [6.07, 6.45) is 3.21. The first-order valence-corrected chi connectivity index (χ1v) is 9.34. The van der Waals surface area contributed by atoms with E-state index in [0.717, 1.165) is 25.1 Å². The van der Waals surface area contributed by atoms with Gasteiger partial charge < -0.3 is 15.8 Å². The molecule has 0 N–H and O–H groups in total. The Morgan fingerprint density at radius 3 is 2.43 bits per heavy atom. The van der Waals surface area contributed by atoms with Crippen LogP contribution in [0.3, 0.4) is 0 Å². The summed E-state index contributed by atoms with van der Waals surface area (Å²) in [6.45, 7) is 6.87. The number of nitrogens with zero attached hydrogens (tertiary/aromatic N) is 3. The minimum Gasteiger partial charge on any atom is -0.358 e. The van der Waals surface area contributed by atoms with Crippen LogP contribution in [0.15, 0.2) is 47.0 Å². The summed E-state index contributed by atoms with van der Waals surface area (Å²) in [6, 6.07) is 13.3. The Labute approximate surface area is 175 Å². The number of halogens is 1. The molecule has 2 aromatic carbocycles. The number of hydrogen-bond acceptors (Lipinski definition) is 4. The quantitative estimate of drug-likeness (QED) is 0.537. The Morgan fingerprint density at radius 1 is 1.11 bits per heavy atom. The summed E-state index contributed by atoms with van der Waals surface area (Å²) in [7, 11) is 0. The molecule has 0 unspecified atom stereocenters. The van der Waals surface area contributed by atoms with Crippen molar-refractivity contribution in [2.45, 2.75) is 26.8 Å². The minimum atomic E-state index is -0.233. The van der Waals surface area contributed by atoms with Crippen molar-refractivity contribution >= 4 is 0 Å². The largest absolute Gasteiger partial charge is 0.358 e. The van der Waals surface area contributed by atoms with Gasteiger partial charge in [0.25, 0.3) is 5.89 Å². The maximum absolute atomic E-state index is 14.4. The average molecular weight is 423 g/mol. The van der Waals surface area contributed by atoms with Gasteiger partial charge in [-0.1, -0.05) is 43.3 Å². The number of hydrogen-bond donors (Lipinski definition) is 0. The predicted molar refractivity (Wildman–Crippen MR) is 103 cm³/mol. The number of likely N-dealkylation sites (tertiary alicyclic amines) is 1. The van der Waals surface area contributed by atoms with Crippen molar-refractivity contribution in [3.63, 3.8) is 0 Å². The average Bonchev–Trinajstić information content (AvgIpc) is 3.09. The molecule has 2 heterocycles. The molecule has 0 bridgehead atoms. The third kappa shape index (κ3) is 4.69. The van der Waals surface area contributed by atoms with Gasteiger partial charge in [-0.2, -0.15) is 4.98 Å². The van der Waals surface area contributed by atoms with Gasteiger partial charge in [0.05, 0.1) is 0 Å². The van der Waals surface area contributed by atoms with Crippen molar-refractivity contribution in [2.24, 2.45) is 5.92 Å². The molecule has 1 aliphatic heterocycles. The molecule has 4 nitrogen and oxygen atoms in total. The molecule has 0 saturated carbocycles. The van der Waals surface area contributed by atoms with Crippen LogP contribution in [-0.2, 0) is 29.7 Å². The van der Waals surface area contributed by atoms with Crippen LogP contribution >= 0.6 is 0 Å². The summed E-state index contributed by atoms with van der Waals surface area (Å²) >= 11 is 0. The van der Waals surface area contributed by atoms with Crippen molar-refractivity contribution in [3.8, 4) is 22.8 Å².